The van der Waals surface area contributed by atoms with E-state index in [1.807, 2.05) is 4.90 Å². The third-order valence-corrected chi connectivity index (χ3v) is 5.01. The summed E-state index contributed by atoms with van der Waals surface area (Å²) in [6.45, 7) is 5.39. The smallest absolute Gasteiger partial charge is 0.340 e. The minimum Gasteiger partial charge on any atom is -0.340 e. The number of benzene rings is 1. The first-order valence-electron chi connectivity index (χ1n) is 9.87. The summed E-state index contributed by atoms with van der Waals surface area (Å²) in [5.74, 6) is 0.878. The highest BCUT2D eigenvalue weighted by Gasteiger charge is 2.30. The number of carbonyl (C=O) groups is 1. The third-order valence-electron chi connectivity index (χ3n) is 5.01. The number of piperazine rings is 1. The summed E-state index contributed by atoms with van der Waals surface area (Å²) >= 11 is 0. The van der Waals surface area contributed by atoms with Gasteiger partial charge >= 0.3 is 6.18 Å². The number of hydrogen-bond donors (Lipinski definition) is 0. The number of unbranched alkanes of at least 4 members (excludes halogenated alkanes) is 2. The van der Waals surface area contributed by atoms with Crippen molar-refractivity contribution >= 4 is 5.91 Å². The maximum atomic E-state index is 12.7. The Labute approximate surface area is 167 Å². The topological polar surface area (TPSA) is 62.5 Å². The highest BCUT2D eigenvalue weighted by Crippen LogP contribution is 2.30. The number of halogens is 3. The molecule has 1 aliphatic rings. The van der Waals surface area contributed by atoms with Gasteiger partial charge in [-0.25, -0.2) is 0 Å². The van der Waals surface area contributed by atoms with Gasteiger partial charge in [-0.2, -0.15) is 18.2 Å². The molecule has 0 saturated carbocycles. The average molecular weight is 410 g/mol. The quantitative estimate of drug-likeness (QED) is 0.646. The Kier molecular flexibility index (Phi) is 6.89. The van der Waals surface area contributed by atoms with Crippen molar-refractivity contribution in [2.24, 2.45) is 0 Å². The van der Waals surface area contributed by atoms with Crippen LogP contribution in [0.1, 0.15) is 44.0 Å². The summed E-state index contributed by atoms with van der Waals surface area (Å²) in [7, 11) is 0. The lowest BCUT2D eigenvalue weighted by atomic mass is 10.1. The summed E-state index contributed by atoms with van der Waals surface area (Å²) in [6, 6.07) is 4.64. The number of aromatic nitrogens is 2. The van der Waals surface area contributed by atoms with Gasteiger partial charge in [0.05, 0.1) is 12.1 Å². The summed E-state index contributed by atoms with van der Waals surface area (Å²) in [4.78, 5) is 20.5. The van der Waals surface area contributed by atoms with Crippen LogP contribution in [-0.4, -0.2) is 52.0 Å². The molecule has 1 aromatic carbocycles. The van der Waals surface area contributed by atoms with Crippen LogP contribution in [0.2, 0.25) is 0 Å². The van der Waals surface area contributed by atoms with Gasteiger partial charge in [0, 0.05) is 38.2 Å². The number of hydrogen-bond acceptors (Lipinski definition) is 5. The van der Waals surface area contributed by atoms with Crippen LogP contribution in [0, 0.1) is 0 Å². The largest absolute Gasteiger partial charge is 0.416 e. The predicted molar refractivity (Wildman–Crippen MR) is 101 cm³/mol. The van der Waals surface area contributed by atoms with Gasteiger partial charge in [0.1, 0.15) is 0 Å². The first-order valence-corrected chi connectivity index (χ1v) is 9.87. The molecular weight excluding hydrogens is 385 g/mol. The fourth-order valence-electron chi connectivity index (χ4n) is 3.28. The minimum atomic E-state index is -4.38. The van der Waals surface area contributed by atoms with E-state index in [0.717, 1.165) is 44.5 Å². The van der Waals surface area contributed by atoms with Crippen LogP contribution in [0.4, 0.5) is 13.2 Å². The van der Waals surface area contributed by atoms with Gasteiger partial charge in [-0.15, -0.1) is 0 Å². The monoisotopic (exact) mass is 410 g/mol. The van der Waals surface area contributed by atoms with Gasteiger partial charge in [0.2, 0.25) is 5.91 Å². The summed E-state index contributed by atoms with van der Waals surface area (Å²) in [5, 5.41) is 3.93. The van der Waals surface area contributed by atoms with Gasteiger partial charge in [0.15, 0.2) is 5.82 Å². The molecule has 9 heteroatoms. The molecule has 0 radical (unpaired) electrons. The molecule has 1 amide bonds. The van der Waals surface area contributed by atoms with Crippen LogP contribution in [0.15, 0.2) is 28.8 Å². The summed E-state index contributed by atoms with van der Waals surface area (Å²) < 4.78 is 43.2. The van der Waals surface area contributed by atoms with Crippen LogP contribution >= 0.6 is 0 Å². The summed E-state index contributed by atoms with van der Waals surface area (Å²) in [5.41, 5.74) is -0.276. The molecule has 158 valence electrons. The van der Waals surface area contributed by atoms with Crippen molar-refractivity contribution in [3.63, 3.8) is 0 Å². The second kappa shape index (κ2) is 9.39. The van der Waals surface area contributed by atoms with Crippen LogP contribution in [0.5, 0.6) is 0 Å². The lowest BCUT2D eigenvalue weighted by molar-refractivity contribution is -0.137. The first kappa shape index (κ1) is 21.3. The lowest BCUT2D eigenvalue weighted by Crippen LogP contribution is -2.48. The van der Waals surface area contributed by atoms with Crippen molar-refractivity contribution in [2.45, 2.75) is 45.3 Å². The highest BCUT2D eigenvalue weighted by molar-refractivity contribution is 5.76. The van der Waals surface area contributed by atoms with E-state index < -0.39 is 11.7 Å². The molecule has 0 bridgehead atoms. The van der Waals surface area contributed by atoms with Crippen LogP contribution in [-0.2, 0) is 17.5 Å². The number of carbonyl (C=O) groups excluding carboxylic acids is 1. The molecule has 1 saturated heterocycles. The Morgan fingerprint density at radius 3 is 2.41 bits per heavy atom. The van der Waals surface area contributed by atoms with E-state index in [0.29, 0.717) is 37.4 Å². The van der Waals surface area contributed by atoms with Crippen molar-refractivity contribution in [2.75, 3.05) is 26.2 Å². The molecule has 29 heavy (non-hydrogen) atoms. The summed E-state index contributed by atoms with van der Waals surface area (Å²) in [6.07, 6.45) is -0.663. The fourth-order valence-corrected chi connectivity index (χ4v) is 3.28. The van der Waals surface area contributed by atoms with E-state index in [-0.39, 0.29) is 11.8 Å². The standard InChI is InChI=1S/C20H25F3N4O2/c1-2-3-4-5-18(28)27-12-10-26(11-13-27)14-17-24-19(29-25-17)15-6-8-16(9-7-15)20(21,22)23/h6-9H,2-5,10-14H2,1H3. The fraction of sp³-hybridized carbons (Fsp3) is 0.550. The zero-order chi connectivity index (χ0) is 20.9. The van der Waals surface area contributed by atoms with Crippen LogP contribution in [0.3, 0.4) is 0 Å². The molecule has 1 aromatic heterocycles. The molecular formula is C20H25F3N4O2. The van der Waals surface area contributed by atoms with Crippen LogP contribution < -0.4 is 0 Å². The van der Waals surface area contributed by atoms with E-state index >= 15 is 0 Å². The zero-order valence-electron chi connectivity index (χ0n) is 16.4. The number of nitrogens with zero attached hydrogens (tertiary/aromatic N) is 4. The van der Waals surface area contributed by atoms with Gasteiger partial charge < -0.3 is 9.42 Å². The average Bonchev–Trinajstić information content (AvgIpc) is 3.16. The molecule has 2 heterocycles. The number of alkyl halides is 3. The maximum absolute atomic E-state index is 12.7. The minimum absolute atomic E-state index is 0.193. The van der Waals surface area contributed by atoms with Crippen molar-refractivity contribution in [3.8, 4) is 11.5 Å². The van der Waals surface area contributed by atoms with Crippen LogP contribution in [0.25, 0.3) is 11.5 Å². The Bertz CT molecular complexity index is 797. The lowest BCUT2D eigenvalue weighted by Gasteiger charge is -2.34. The Hall–Kier alpha value is -2.42. The van der Waals surface area contributed by atoms with Gasteiger partial charge in [0.25, 0.3) is 5.89 Å². The zero-order valence-corrected chi connectivity index (χ0v) is 16.4. The second-order valence-electron chi connectivity index (χ2n) is 7.20. The van der Waals surface area contributed by atoms with E-state index in [9.17, 15) is 18.0 Å². The van der Waals surface area contributed by atoms with Crippen molar-refractivity contribution < 1.29 is 22.5 Å². The molecule has 2 aromatic rings. The Morgan fingerprint density at radius 1 is 1.10 bits per heavy atom. The van der Waals surface area contributed by atoms with E-state index in [1.54, 1.807) is 0 Å². The molecule has 0 atom stereocenters. The molecule has 0 aliphatic carbocycles. The maximum Gasteiger partial charge on any atom is 0.416 e. The van der Waals surface area contributed by atoms with Gasteiger partial charge in [-0.3, -0.25) is 9.69 Å². The van der Waals surface area contributed by atoms with Crippen molar-refractivity contribution in [3.05, 3.63) is 35.7 Å². The second-order valence-corrected chi connectivity index (χ2v) is 7.20. The predicted octanol–water partition coefficient (Wildman–Crippen LogP) is 3.98. The number of rotatable bonds is 7. The first-order chi connectivity index (χ1) is 13.9. The van der Waals surface area contributed by atoms with E-state index in [4.69, 9.17) is 4.52 Å². The Morgan fingerprint density at radius 2 is 1.79 bits per heavy atom. The van der Waals surface area contributed by atoms with E-state index in [1.165, 1.54) is 12.1 Å². The van der Waals surface area contributed by atoms with Gasteiger partial charge in [-0.05, 0) is 30.7 Å². The number of amides is 1. The molecule has 3 rings (SSSR count). The Balaban J connectivity index is 1.50. The van der Waals surface area contributed by atoms with Gasteiger partial charge in [-0.1, -0.05) is 24.9 Å². The molecule has 0 unspecified atom stereocenters. The van der Waals surface area contributed by atoms with Crippen molar-refractivity contribution in [1.29, 1.82) is 0 Å². The molecule has 0 spiro atoms. The van der Waals surface area contributed by atoms with E-state index in [2.05, 4.69) is 22.0 Å². The molecule has 1 aliphatic heterocycles. The molecule has 1 fully saturated rings. The molecule has 6 nitrogen and oxygen atoms in total. The van der Waals surface area contributed by atoms with Crippen molar-refractivity contribution in [1.82, 2.24) is 19.9 Å². The highest BCUT2D eigenvalue weighted by atomic mass is 19.4. The third kappa shape index (κ3) is 5.79. The SMILES string of the molecule is CCCCCC(=O)N1CCN(Cc2noc(-c3ccc(C(F)(F)F)cc3)n2)CC1. The normalized spacial score (nSPS) is 15.7. The molecule has 0 N–H and O–H groups in total.